The SMILES string of the molecule is CCCCC/C=C\C/C=C\CCCCCCCC(=O)C(C(=O)CCCCCCC/C=C\C/C=C\CCCCC)N(C)C(C)C1COCO1. The average molecular weight is 670 g/mol. The third-order valence-electron chi connectivity index (χ3n) is 9.59. The number of unbranched alkanes of at least 4 members (excludes halogenated alkanes) is 16. The summed E-state index contributed by atoms with van der Waals surface area (Å²) in [4.78, 5) is 28.9. The maximum atomic E-state index is 13.5. The van der Waals surface area contributed by atoms with Crippen molar-refractivity contribution in [1.82, 2.24) is 4.90 Å². The fraction of sp³-hybridized carbons (Fsp3) is 0.767. The Bertz CT molecular complexity index is 827. The number of ketones is 2. The van der Waals surface area contributed by atoms with Crippen LogP contribution < -0.4 is 0 Å². The highest BCUT2D eigenvalue weighted by atomic mass is 16.7. The molecule has 0 spiro atoms. The summed E-state index contributed by atoms with van der Waals surface area (Å²) in [5.41, 5.74) is 0. The third-order valence-corrected chi connectivity index (χ3v) is 9.59. The molecule has 0 aliphatic carbocycles. The molecule has 1 saturated heterocycles. The molecular formula is C43H75NO4. The lowest BCUT2D eigenvalue weighted by Crippen LogP contribution is -2.52. The number of ether oxygens (including phenoxy) is 2. The number of rotatable bonds is 33. The molecule has 276 valence electrons. The van der Waals surface area contributed by atoms with Crippen molar-refractivity contribution in [2.24, 2.45) is 0 Å². The number of likely N-dealkylation sites (N-methyl/N-ethyl adjacent to an activating group) is 1. The molecule has 0 amide bonds. The molecule has 0 aromatic carbocycles. The molecule has 1 heterocycles. The molecule has 0 bridgehead atoms. The number of carbonyl (C=O) groups excluding carboxylic acids is 2. The van der Waals surface area contributed by atoms with Crippen LogP contribution in [0.5, 0.6) is 0 Å². The second-order valence-electron chi connectivity index (χ2n) is 13.9. The van der Waals surface area contributed by atoms with Crippen molar-refractivity contribution in [2.45, 2.75) is 193 Å². The average Bonchev–Trinajstić information content (AvgIpc) is 3.63. The second kappa shape index (κ2) is 32.4. The molecule has 0 saturated carbocycles. The van der Waals surface area contributed by atoms with E-state index in [4.69, 9.17) is 9.47 Å². The molecular weight excluding hydrogens is 594 g/mol. The smallest absolute Gasteiger partial charge is 0.157 e. The zero-order valence-corrected chi connectivity index (χ0v) is 31.8. The summed E-state index contributed by atoms with van der Waals surface area (Å²) < 4.78 is 11.1. The standard InChI is InChI=1S/C43H75NO4/c1-5-7-9-11-13-15-17-19-21-23-25-27-29-31-33-35-40(45)43(44(4)39(3)42-37-47-38-48-42)41(46)36-34-32-30-28-26-24-22-20-18-16-14-12-10-8-6-2/h13-16,19-22,39,42-43H,5-12,17-18,23-38H2,1-4H3/b15-13-,16-14-,21-19-,22-20-. The Labute approximate surface area is 297 Å². The van der Waals surface area contributed by atoms with E-state index in [2.05, 4.69) is 62.5 Å². The van der Waals surface area contributed by atoms with E-state index in [0.717, 1.165) is 64.2 Å². The van der Waals surface area contributed by atoms with Gasteiger partial charge in [0.25, 0.3) is 0 Å². The Hall–Kier alpha value is -1.82. The van der Waals surface area contributed by atoms with Crippen molar-refractivity contribution >= 4 is 11.6 Å². The van der Waals surface area contributed by atoms with Crippen LogP contribution in [0.4, 0.5) is 0 Å². The first-order valence-corrected chi connectivity index (χ1v) is 20.1. The first-order valence-electron chi connectivity index (χ1n) is 20.1. The largest absolute Gasteiger partial charge is 0.353 e. The molecule has 1 aliphatic rings. The van der Waals surface area contributed by atoms with Gasteiger partial charge in [0.2, 0.25) is 0 Å². The Morgan fingerprint density at radius 3 is 1.40 bits per heavy atom. The summed E-state index contributed by atoms with van der Waals surface area (Å²) in [6.45, 7) is 7.33. The molecule has 2 unspecified atom stereocenters. The maximum absolute atomic E-state index is 13.5. The summed E-state index contributed by atoms with van der Waals surface area (Å²) in [5.74, 6) is 0.142. The summed E-state index contributed by atoms with van der Waals surface area (Å²) in [5, 5.41) is 0. The fourth-order valence-corrected chi connectivity index (χ4v) is 6.25. The molecule has 1 rings (SSSR count). The molecule has 48 heavy (non-hydrogen) atoms. The minimum absolute atomic E-state index is 0.0559. The number of allylic oxidation sites excluding steroid dienone is 8. The van der Waals surface area contributed by atoms with Gasteiger partial charge < -0.3 is 9.47 Å². The van der Waals surface area contributed by atoms with Gasteiger partial charge in [-0.3, -0.25) is 14.5 Å². The van der Waals surface area contributed by atoms with Crippen LogP contribution in [0.2, 0.25) is 0 Å². The van der Waals surface area contributed by atoms with E-state index in [0.29, 0.717) is 19.4 Å². The topological polar surface area (TPSA) is 55.8 Å². The molecule has 5 heteroatoms. The molecule has 5 nitrogen and oxygen atoms in total. The Balaban J connectivity index is 2.32. The predicted octanol–water partition coefficient (Wildman–Crippen LogP) is 11.8. The van der Waals surface area contributed by atoms with Gasteiger partial charge in [-0.05, 0) is 91.0 Å². The predicted molar refractivity (Wildman–Crippen MR) is 205 cm³/mol. The lowest BCUT2D eigenvalue weighted by Gasteiger charge is -2.33. The van der Waals surface area contributed by atoms with Gasteiger partial charge in [0.1, 0.15) is 12.8 Å². The van der Waals surface area contributed by atoms with E-state index in [1.54, 1.807) is 0 Å². The van der Waals surface area contributed by atoms with Crippen molar-refractivity contribution in [3.63, 3.8) is 0 Å². The highest BCUT2D eigenvalue weighted by Crippen LogP contribution is 2.20. The summed E-state index contributed by atoms with van der Waals surface area (Å²) >= 11 is 0. The van der Waals surface area contributed by atoms with Gasteiger partial charge in [-0.2, -0.15) is 0 Å². The van der Waals surface area contributed by atoms with Crippen LogP contribution in [0.15, 0.2) is 48.6 Å². The number of carbonyl (C=O) groups is 2. The van der Waals surface area contributed by atoms with Crippen molar-refractivity contribution in [1.29, 1.82) is 0 Å². The zero-order chi connectivity index (χ0) is 34.9. The fourth-order valence-electron chi connectivity index (χ4n) is 6.25. The van der Waals surface area contributed by atoms with E-state index < -0.39 is 6.04 Å². The number of Topliss-reactive ketones (excluding diaryl/α,β-unsaturated/α-hetero) is 2. The van der Waals surface area contributed by atoms with Gasteiger partial charge in [-0.1, -0.05) is 127 Å². The van der Waals surface area contributed by atoms with Crippen LogP contribution in [0, 0.1) is 0 Å². The number of hydrogen-bond donors (Lipinski definition) is 0. The van der Waals surface area contributed by atoms with E-state index in [1.807, 2.05) is 18.9 Å². The summed E-state index contributed by atoms with van der Waals surface area (Å²) in [6, 6.07) is -0.736. The van der Waals surface area contributed by atoms with Gasteiger partial charge in [0.15, 0.2) is 11.6 Å². The van der Waals surface area contributed by atoms with E-state index in [9.17, 15) is 9.59 Å². The molecule has 0 aromatic heterocycles. The Morgan fingerprint density at radius 1 is 0.604 bits per heavy atom. The van der Waals surface area contributed by atoms with Crippen LogP contribution in [0.3, 0.4) is 0 Å². The van der Waals surface area contributed by atoms with Gasteiger partial charge >= 0.3 is 0 Å². The highest BCUT2D eigenvalue weighted by molar-refractivity contribution is 6.06. The van der Waals surface area contributed by atoms with Crippen molar-refractivity contribution in [2.75, 3.05) is 20.4 Å². The lowest BCUT2D eigenvalue weighted by atomic mass is 9.95. The summed E-state index contributed by atoms with van der Waals surface area (Å²) in [6.07, 6.45) is 44.6. The van der Waals surface area contributed by atoms with Gasteiger partial charge in [-0.25, -0.2) is 0 Å². The van der Waals surface area contributed by atoms with Crippen molar-refractivity contribution < 1.29 is 19.1 Å². The molecule has 1 fully saturated rings. The number of hydrogen-bond acceptors (Lipinski definition) is 5. The van der Waals surface area contributed by atoms with Crippen molar-refractivity contribution in [3.05, 3.63) is 48.6 Å². The Kier molecular flexibility index (Phi) is 29.8. The van der Waals surface area contributed by atoms with Gasteiger partial charge in [0.05, 0.1) is 12.7 Å². The monoisotopic (exact) mass is 670 g/mol. The van der Waals surface area contributed by atoms with Crippen molar-refractivity contribution in [3.8, 4) is 0 Å². The molecule has 0 N–H and O–H groups in total. The molecule has 0 aromatic rings. The first kappa shape index (κ1) is 44.2. The quantitative estimate of drug-likeness (QED) is 0.0395. The van der Waals surface area contributed by atoms with Crippen LogP contribution in [-0.4, -0.2) is 55.1 Å². The maximum Gasteiger partial charge on any atom is 0.157 e. The third kappa shape index (κ3) is 23.5. The minimum Gasteiger partial charge on any atom is -0.353 e. The van der Waals surface area contributed by atoms with Crippen LogP contribution in [0.25, 0.3) is 0 Å². The minimum atomic E-state index is -0.680. The molecule has 2 atom stereocenters. The van der Waals surface area contributed by atoms with Gasteiger partial charge in [0, 0.05) is 18.9 Å². The summed E-state index contributed by atoms with van der Waals surface area (Å²) in [7, 11) is 1.92. The first-order chi connectivity index (χ1) is 23.5. The highest BCUT2D eigenvalue weighted by Gasteiger charge is 2.36. The van der Waals surface area contributed by atoms with Crippen LogP contribution in [0.1, 0.15) is 175 Å². The number of nitrogens with zero attached hydrogens (tertiary/aromatic N) is 1. The van der Waals surface area contributed by atoms with E-state index in [1.165, 1.54) is 77.0 Å². The van der Waals surface area contributed by atoms with E-state index >= 15 is 0 Å². The Morgan fingerprint density at radius 2 is 1.00 bits per heavy atom. The second-order valence-corrected chi connectivity index (χ2v) is 13.9. The zero-order valence-electron chi connectivity index (χ0n) is 31.8. The molecule has 1 aliphatic heterocycles. The lowest BCUT2D eigenvalue weighted by molar-refractivity contribution is -0.136. The van der Waals surface area contributed by atoms with Crippen LogP contribution in [-0.2, 0) is 19.1 Å². The normalized spacial score (nSPS) is 16.2. The molecule has 0 radical (unpaired) electrons. The van der Waals surface area contributed by atoms with Gasteiger partial charge in [-0.15, -0.1) is 0 Å². The van der Waals surface area contributed by atoms with E-state index in [-0.39, 0.29) is 30.5 Å². The van der Waals surface area contributed by atoms with Crippen LogP contribution >= 0.6 is 0 Å².